The third-order valence-corrected chi connectivity index (χ3v) is 6.90. The minimum Gasteiger partial charge on any atom is -0.466 e. The Hall–Kier alpha value is -2.17. The second kappa shape index (κ2) is 11.7. The molecule has 1 aromatic rings. The maximum atomic E-state index is 13.0. The quantitative estimate of drug-likeness (QED) is 0.334. The van der Waals surface area contributed by atoms with Gasteiger partial charge >= 0.3 is 12.1 Å². The highest BCUT2D eigenvalue weighted by Crippen LogP contribution is 2.33. The zero-order chi connectivity index (χ0) is 26.4. The van der Waals surface area contributed by atoms with E-state index in [1.54, 1.807) is 58.6 Å². The third-order valence-electron chi connectivity index (χ3n) is 5.60. The first-order chi connectivity index (χ1) is 16.1. The smallest absolute Gasteiger partial charge is 0.412 e. The van der Waals surface area contributed by atoms with E-state index in [1.165, 1.54) is 12.1 Å². The molecule has 35 heavy (non-hydrogen) atoms. The number of amides is 1. The number of benzene rings is 1. The Morgan fingerprint density at radius 2 is 1.83 bits per heavy atom. The summed E-state index contributed by atoms with van der Waals surface area (Å²) >= 11 is 0. The van der Waals surface area contributed by atoms with E-state index in [9.17, 15) is 18.0 Å². The molecule has 1 saturated heterocycles. The molecule has 1 heterocycles. The molecular formula is C25H39NO8S. The van der Waals surface area contributed by atoms with Gasteiger partial charge in [0.2, 0.25) is 0 Å². The number of aryl methyl sites for hydroxylation is 1. The molecule has 9 nitrogen and oxygen atoms in total. The Labute approximate surface area is 209 Å². The lowest BCUT2D eigenvalue weighted by Crippen LogP contribution is -2.50. The number of ether oxygens (including phenoxy) is 3. The molecule has 198 valence electrons. The maximum absolute atomic E-state index is 13.0. The summed E-state index contributed by atoms with van der Waals surface area (Å²) in [5, 5.41) is 0. The van der Waals surface area contributed by atoms with Crippen LogP contribution in [0.1, 0.15) is 66.4 Å². The normalized spacial score (nSPS) is 18.8. The van der Waals surface area contributed by atoms with E-state index < -0.39 is 27.5 Å². The van der Waals surface area contributed by atoms with E-state index >= 15 is 0 Å². The standard InChI is InChI=1S/C25H39NO8S/c1-8-31-22(27)14-11-19(16-33-35(29,30)21-12-9-18(2)10-13-21)15-20-17-32-25(6,7)26(20)23(28)34-24(3,4)5/h9-10,12-13,19-20H,8,11,14-17H2,1-7H3/t19-,20?/m1/s1. The van der Waals surface area contributed by atoms with Crippen molar-refractivity contribution in [2.45, 2.75) is 90.0 Å². The van der Waals surface area contributed by atoms with Crippen molar-refractivity contribution in [1.82, 2.24) is 4.90 Å². The predicted octanol–water partition coefficient (Wildman–Crippen LogP) is 4.42. The second-order valence-corrected chi connectivity index (χ2v) is 11.9. The highest BCUT2D eigenvalue weighted by Gasteiger charge is 2.46. The Morgan fingerprint density at radius 1 is 1.20 bits per heavy atom. The fourth-order valence-electron chi connectivity index (χ4n) is 3.91. The van der Waals surface area contributed by atoms with Crippen LogP contribution in [0, 0.1) is 12.8 Å². The summed E-state index contributed by atoms with van der Waals surface area (Å²) < 4.78 is 47.3. The van der Waals surface area contributed by atoms with Gasteiger partial charge in [-0.25, -0.2) is 4.79 Å². The summed E-state index contributed by atoms with van der Waals surface area (Å²) in [5.41, 5.74) is -0.648. The van der Waals surface area contributed by atoms with Crippen LogP contribution in [0.3, 0.4) is 0 Å². The first kappa shape index (κ1) is 29.1. The van der Waals surface area contributed by atoms with Crippen molar-refractivity contribution < 1.29 is 36.4 Å². The van der Waals surface area contributed by atoms with Crippen molar-refractivity contribution >= 4 is 22.2 Å². The number of esters is 1. The fraction of sp³-hybridized carbons (Fsp3) is 0.680. The molecule has 1 aliphatic heterocycles. The van der Waals surface area contributed by atoms with Gasteiger partial charge in [-0.3, -0.25) is 13.9 Å². The summed E-state index contributed by atoms with van der Waals surface area (Å²) in [4.78, 5) is 26.6. The molecule has 0 bridgehead atoms. The van der Waals surface area contributed by atoms with Gasteiger partial charge in [0.25, 0.3) is 10.1 Å². The van der Waals surface area contributed by atoms with E-state index in [0.29, 0.717) is 12.8 Å². The molecule has 0 saturated carbocycles. The summed E-state index contributed by atoms with van der Waals surface area (Å²) in [5.74, 6) is -0.724. The molecule has 0 N–H and O–H groups in total. The lowest BCUT2D eigenvalue weighted by atomic mass is 9.95. The molecule has 1 fully saturated rings. The SMILES string of the molecule is CCOC(=O)CC[C@@H](COS(=O)(=O)c1ccc(C)cc1)CC1COC(C)(C)N1C(=O)OC(C)(C)C. The van der Waals surface area contributed by atoms with Gasteiger partial charge in [0.15, 0.2) is 0 Å². The number of hydrogen-bond donors (Lipinski definition) is 0. The van der Waals surface area contributed by atoms with E-state index in [4.69, 9.17) is 18.4 Å². The number of hydrogen-bond acceptors (Lipinski definition) is 8. The third kappa shape index (κ3) is 8.77. The molecule has 0 aromatic heterocycles. The van der Waals surface area contributed by atoms with Gasteiger partial charge in [-0.2, -0.15) is 8.42 Å². The summed E-state index contributed by atoms with van der Waals surface area (Å²) in [6, 6.07) is 6.01. The van der Waals surface area contributed by atoms with E-state index in [0.717, 1.165) is 5.56 Å². The molecule has 0 radical (unpaired) electrons. The predicted molar refractivity (Wildman–Crippen MR) is 130 cm³/mol. The first-order valence-electron chi connectivity index (χ1n) is 11.9. The van der Waals surface area contributed by atoms with Gasteiger partial charge in [0.1, 0.15) is 11.3 Å². The van der Waals surface area contributed by atoms with Crippen molar-refractivity contribution in [1.29, 1.82) is 0 Å². The summed E-state index contributed by atoms with van der Waals surface area (Å²) in [7, 11) is -3.98. The molecule has 1 aromatic carbocycles. The molecule has 0 spiro atoms. The van der Waals surface area contributed by atoms with Crippen molar-refractivity contribution in [3.63, 3.8) is 0 Å². The van der Waals surface area contributed by atoms with Crippen LogP contribution in [0.5, 0.6) is 0 Å². The molecule has 2 atom stereocenters. The minimum atomic E-state index is -3.98. The topological polar surface area (TPSA) is 108 Å². The van der Waals surface area contributed by atoms with Crippen LogP contribution in [-0.4, -0.2) is 62.6 Å². The molecular weight excluding hydrogens is 474 g/mol. The highest BCUT2D eigenvalue weighted by molar-refractivity contribution is 7.86. The molecule has 1 unspecified atom stereocenters. The fourth-order valence-corrected chi connectivity index (χ4v) is 4.88. The Bertz CT molecular complexity index is 966. The highest BCUT2D eigenvalue weighted by atomic mass is 32.2. The van der Waals surface area contributed by atoms with E-state index in [-0.39, 0.29) is 49.1 Å². The zero-order valence-corrected chi connectivity index (χ0v) is 22.6. The summed E-state index contributed by atoms with van der Waals surface area (Å²) in [6.07, 6.45) is 0.296. The minimum absolute atomic E-state index is 0.0629. The Kier molecular flexibility index (Phi) is 9.72. The van der Waals surface area contributed by atoms with Crippen LogP contribution in [0.25, 0.3) is 0 Å². The van der Waals surface area contributed by atoms with Gasteiger partial charge in [-0.15, -0.1) is 0 Å². The number of nitrogens with zero attached hydrogens (tertiary/aromatic N) is 1. The number of carbonyl (C=O) groups is 2. The van der Waals surface area contributed by atoms with E-state index in [1.807, 2.05) is 6.92 Å². The van der Waals surface area contributed by atoms with Gasteiger partial charge in [-0.05, 0) is 79.4 Å². The van der Waals surface area contributed by atoms with Crippen LogP contribution in [-0.2, 0) is 33.3 Å². The monoisotopic (exact) mass is 513 g/mol. The number of rotatable bonds is 10. The molecule has 1 aliphatic rings. The van der Waals surface area contributed by atoms with Crippen molar-refractivity contribution in [3.8, 4) is 0 Å². The Morgan fingerprint density at radius 3 is 2.40 bits per heavy atom. The average molecular weight is 514 g/mol. The molecule has 10 heteroatoms. The van der Waals surface area contributed by atoms with Gasteiger partial charge in [-0.1, -0.05) is 17.7 Å². The molecule has 0 aliphatic carbocycles. The zero-order valence-electron chi connectivity index (χ0n) is 21.8. The summed E-state index contributed by atoms with van der Waals surface area (Å²) in [6.45, 7) is 12.9. The second-order valence-electron chi connectivity index (χ2n) is 10.3. The van der Waals surface area contributed by atoms with Crippen LogP contribution >= 0.6 is 0 Å². The Balaban J connectivity index is 2.18. The van der Waals surface area contributed by atoms with Gasteiger partial charge in [0, 0.05) is 6.42 Å². The van der Waals surface area contributed by atoms with Crippen molar-refractivity contribution in [3.05, 3.63) is 29.8 Å². The van der Waals surface area contributed by atoms with Gasteiger partial charge < -0.3 is 14.2 Å². The van der Waals surface area contributed by atoms with Crippen LogP contribution < -0.4 is 0 Å². The largest absolute Gasteiger partial charge is 0.466 e. The lowest BCUT2D eigenvalue weighted by molar-refractivity contribution is -0.143. The van der Waals surface area contributed by atoms with Crippen LogP contribution in [0.2, 0.25) is 0 Å². The first-order valence-corrected chi connectivity index (χ1v) is 13.3. The van der Waals surface area contributed by atoms with Crippen molar-refractivity contribution in [2.75, 3.05) is 19.8 Å². The van der Waals surface area contributed by atoms with Crippen molar-refractivity contribution in [2.24, 2.45) is 5.92 Å². The van der Waals surface area contributed by atoms with Crippen LogP contribution in [0.4, 0.5) is 4.79 Å². The lowest BCUT2D eigenvalue weighted by Gasteiger charge is -2.36. The van der Waals surface area contributed by atoms with Crippen LogP contribution in [0.15, 0.2) is 29.2 Å². The average Bonchev–Trinajstić information content (AvgIpc) is 3.03. The van der Waals surface area contributed by atoms with Gasteiger partial charge in [0.05, 0.1) is 30.8 Å². The molecule has 1 amide bonds. The molecule has 2 rings (SSSR count). The van der Waals surface area contributed by atoms with E-state index in [2.05, 4.69) is 0 Å². The maximum Gasteiger partial charge on any atom is 0.412 e. The number of carbonyl (C=O) groups excluding carboxylic acids is 2.